The summed E-state index contributed by atoms with van der Waals surface area (Å²) in [6.45, 7) is 3.34. The molecule has 0 spiro atoms. The Morgan fingerprint density at radius 2 is 1.42 bits per heavy atom. The molecule has 24 heavy (non-hydrogen) atoms. The van der Waals surface area contributed by atoms with Crippen molar-refractivity contribution in [2.45, 2.75) is 0 Å². The summed E-state index contributed by atoms with van der Waals surface area (Å²) in [6.07, 6.45) is 5.30. The minimum absolute atomic E-state index is 0.488. The molecule has 0 amide bonds. The predicted molar refractivity (Wildman–Crippen MR) is 96.0 cm³/mol. The number of halogens is 2. The van der Waals surface area contributed by atoms with Crippen molar-refractivity contribution in [3.05, 3.63) is 46.8 Å². The van der Waals surface area contributed by atoms with Gasteiger partial charge < -0.3 is 9.80 Å². The smallest absolute Gasteiger partial charge is 0.225 e. The zero-order chi connectivity index (χ0) is 16.5. The lowest BCUT2D eigenvalue weighted by Crippen LogP contribution is -2.47. The van der Waals surface area contributed by atoms with Crippen molar-refractivity contribution in [2.24, 2.45) is 0 Å². The Labute approximate surface area is 149 Å². The van der Waals surface area contributed by atoms with Gasteiger partial charge in [-0.2, -0.15) is 0 Å². The zero-order valence-corrected chi connectivity index (χ0v) is 14.2. The highest BCUT2D eigenvalue weighted by Gasteiger charge is 2.20. The molecule has 1 saturated heterocycles. The van der Waals surface area contributed by atoms with Crippen LogP contribution < -0.4 is 9.80 Å². The van der Waals surface area contributed by atoms with Crippen molar-refractivity contribution in [1.29, 1.82) is 0 Å². The molecule has 3 heterocycles. The Morgan fingerprint density at radius 1 is 0.792 bits per heavy atom. The van der Waals surface area contributed by atoms with Crippen LogP contribution in [0.3, 0.4) is 0 Å². The van der Waals surface area contributed by atoms with Crippen molar-refractivity contribution < 1.29 is 0 Å². The highest BCUT2D eigenvalue weighted by Crippen LogP contribution is 2.27. The number of benzene rings is 1. The first kappa shape index (κ1) is 15.4. The van der Waals surface area contributed by atoms with Gasteiger partial charge in [0.25, 0.3) is 0 Å². The molecule has 1 aliphatic heterocycles. The van der Waals surface area contributed by atoms with Crippen LogP contribution in [-0.4, -0.2) is 46.1 Å². The van der Waals surface area contributed by atoms with Crippen LogP contribution in [0.5, 0.6) is 0 Å². The molecule has 6 nitrogen and oxygen atoms in total. The first-order chi connectivity index (χ1) is 11.7. The van der Waals surface area contributed by atoms with Crippen LogP contribution in [0.2, 0.25) is 10.0 Å². The van der Waals surface area contributed by atoms with Gasteiger partial charge in [-0.1, -0.05) is 23.2 Å². The normalized spacial score (nSPS) is 15.1. The molecule has 1 aliphatic rings. The highest BCUT2D eigenvalue weighted by atomic mass is 35.5. The maximum Gasteiger partial charge on any atom is 0.225 e. The van der Waals surface area contributed by atoms with E-state index in [4.69, 9.17) is 23.2 Å². The van der Waals surface area contributed by atoms with Gasteiger partial charge in [0, 0.05) is 38.6 Å². The van der Waals surface area contributed by atoms with E-state index in [9.17, 15) is 0 Å². The van der Waals surface area contributed by atoms with Crippen LogP contribution in [0.25, 0.3) is 11.0 Å². The number of hydrogen-bond donors (Lipinski definition) is 0. The second-order valence-corrected chi connectivity index (χ2v) is 6.32. The largest absolute Gasteiger partial charge is 0.352 e. The average Bonchev–Trinajstić information content (AvgIpc) is 2.63. The first-order valence-corrected chi connectivity index (χ1v) is 8.35. The molecular weight excluding hydrogens is 347 g/mol. The lowest BCUT2D eigenvalue weighted by Gasteiger charge is -2.35. The minimum Gasteiger partial charge on any atom is -0.352 e. The number of anilines is 2. The molecule has 4 rings (SSSR count). The Hall–Kier alpha value is -2.18. The second kappa shape index (κ2) is 6.37. The summed E-state index contributed by atoms with van der Waals surface area (Å²) < 4.78 is 0. The van der Waals surface area contributed by atoms with Crippen LogP contribution in [0.4, 0.5) is 11.8 Å². The monoisotopic (exact) mass is 360 g/mol. The summed E-state index contributed by atoms with van der Waals surface area (Å²) in [5, 5.41) is 0.976. The summed E-state index contributed by atoms with van der Waals surface area (Å²) in [7, 11) is 0. The van der Waals surface area contributed by atoms with Gasteiger partial charge in [0.1, 0.15) is 5.82 Å². The van der Waals surface area contributed by atoms with Crippen molar-refractivity contribution in [2.75, 3.05) is 36.0 Å². The van der Waals surface area contributed by atoms with Crippen molar-refractivity contribution in [3.63, 3.8) is 0 Å². The molecule has 0 saturated carbocycles. The number of hydrogen-bond acceptors (Lipinski definition) is 6. The van der Waals surface area contributed by atoms with Crippen molar-refractivity contribution >= 4 is 46.0 Å². The van der Waals surface area contributed by atoms with Gasteiger partial charge in [-0.15, -0.1) is 0 Å². The van der Waals surface area contributed by atoms with Crippen LogP contribution in [0.15, 0.2) is 36.8 Å². The van der Waals surface area contributed by atoms with Gasteiger partial charge in [0.05, 0.1) is 27.3 Å². The Morgan fingerprint density at radius 3 is 2.12 bits per heavy atom. The standard InChI is InChI=1S/C16H14Cl2N6/c17-11-8-13-14(9-12(11)18)22-15(10-21-13)23-4-6-24(7-5-23)16-19-2-1-3-20-16/h1-3,8-10H,4-7H2. The van der Waals surface area contributed by atoms with Crippen LogP contribution in [-0.2, 0) is 0 Å². The third-order valence-corrected chi connectivity index (χ3v) is 4.73. The summed E-state index contributed by atoms with van der Waals surface area (Å²) >= 11 is 12.1. The van der Waals surface area contributed by atoms with Crippen molar-refractivity contribution in [3.8, 4) is 0 Å². The summed E-state index contributed by atoms with van der Waals surface area (Å²) in [6, 6.07) is 5.31. The molecule has 2 aromatic heterocycles. The van der Waals surface area contributed by atoms with E-state index in [0.717, 1.165) is 49.0 Å². The van der Waals surface area contributed by atoms with E-state index >= 15 is 0 Å². The Kier molecular flexibility index (Phi) is 4.08. The van der Waals surface area contributed by atoms with Crippen LogP contribution in [0, 0.1) is 0 Å². The molecule has 122 valence electrons. The molecule has 0 radical (unpaired) electrons. The molecule has 8 heteroatoms. The van der Waals surface area contributed by atoms with E-state index in [2.05, 4.69) is 29.7 Å². The van der Waals surface area contributed by atoms with Gasteiger partial charge in [-0.05, 0) is 18.2 Å². The molecule has 0 atom stereocenters. The molecule has 0 unspecified atom stereocenters. The van der Waals surface area contributed by atoms with Crippen LogP contribution >= 0.6 is 23.2 Å². The fraction of sp³-hybridized carbons (Fsp3) is 0.250. The van der Waals surface area contributed by atoms with E-state index in [-0.39, 0.29) is 0 Å². The van der Waals surface area contributed by atoms with Gasteiger partial charge in [0.2, 0.25) is 5.95 Å². The fourth-order valence-corrected chi connectivity index (χ4v) is 3.06. The maximum atomic E-state index is 6.08. The van der Waals surface area contributed by atoms with E-state index in [1.54, 1.807) is 30.7 Å². The molecule has 0 aliphatic carbocycles. The summed E-state index contributed by atoms with van der Waals surface area (Å²) in [5.41, 5.74) is 1.49. The maximum absolute atomic E-state index is 6.08. The van der Waals surface area contributed by atoms with E-state index in [0.29, 0.717) is 10.0 Å². The highest BCUT2D eigenvalue weighted by molar-refractivity contribution is 6.42. The molecule has 3 aromatic rings. The number of piperazine rings is 1. The summed E-state index contributed by atoms with van der Waals surface area (Å²) in [5.74, 6) is 1.61. The third kappa shape index (κ3) is 2.95. The third-order valence-electron chi connectivity index (χ3n) is 4.01. The quantitative estimate of drug-likeness (QED) is 0.699. The van der Waals surface area contributed by atoms with Gasteiger partial charge >= 0.3 is 0 Å². The van der Waals surface area contributed by atoms with Crippen molar-refractivity contribution in [1.82, 2.24) is 19.9 Å². The molecular formula is C16H14Cl2N6. The topological polar surface area (TPSA) is 58.0 Å². The minimum atomic E-state index is 0.488. The van der Waals surface area contributed by atoms with Crippen LogP contribution in [0.1, 0.15) is 0 Å². The number of fused-ring (bicyclic) bond motifs is 1. The van der Waals surface area contributed by atoms with E-state index < -0.39 is 0 Å². The average molecular weight is 361 g/mol. The van der Waals surface area contributed by atoms with E-state index in [1.807, 2.05) is 6.07 Å². The lowest BCUT2D eigenvalue weighted by molar-refractivity contribution is 0.634. The summed E-state index contributed by atoms with van der Waals surface area (Å²) in [4.78, 5) is 22.1. The molecule has 0 N–H and O–H groups in total. The zero-order valence-electron chi connectivity index (χ0n) is 12.7. The van der Waals surface area contributed by atoms with Gasteiger partial charge in [-0.25, -0.2) is 15.0 Å². The lowest BCUT2D eigenvalue weighted by atomic mass is 10.3. The predicted octanol–water partition coefficient (Wildman–Crippen LogP) is 3.05. The Balaban J connectivity index is 1.53. The second-order valence-electron chi connectivity index (χ2n) is 5.51. The molecule has 0 bridgehead atoms. The van der Waals surface area contributed by atoms with E-state index in [1.165, 1.54) is 0 Å². The first-order valence-electron chi connectivity index (χ1n) is 7.59. The fourth-order valence-electron chi connectivity index (χ4n) is 2.74. The molecule has 1 fully saturated rings. The number of aromatic nitrogens is 4. The molecule has 1 aromatic carbocycles. The number of nitrogens with zero attached hydrogens (tertiary/aromatic N) is 6. The van der Waals surface area contributed by atoms with Gasteiger partial charge in [-0.3, -0.25) is 4.98 Å². The van der Waals surface area contributed by atoms with Gasteiger partial charge in [0.15, 0.2) is 0 Å². The Bertz CT molecular complexity index is 865. The SMILES string of the molecule is Clc1cc2ncc(N3CCN(c4ncccn4)CC3)nc2cc1Cl. The number of rotatable bonds is 2.